The number of benzene rings is 9. The lowest BCUT2D eigenvalue weighted by Crippen LogP contribution is -1.90. The summed E-state index contributed by atoms with van der Waals surface area (Å²) < 4.78 is 2.67. The highest BCUT2D eigenvalue weighted by Crippen LogP contribution is 2.41. The molecule has 0 aliphatic heterocycles. The van der Waals surface area contributed by atoms with Crippen LogP contribution in [0, 0.1) is 0 Å². The third-order valence-corrected chi connectivity index (χ3v) is 12.3. The lowest BCUT2D eigenvalue weighted by Gasteiger charge is -2.12. The highest BCUT2D eigenvalue weighted by molar-refractivity contribution is 7.26. The minimum absolute atomic E-state index is 0.963. The smallest absolute Gasteiger partial charge is 0.0709 e. The second-order valence-electron chi connectivity index (χ2n) is 14.3. The Balaban J connectivity index is 0.903. The number of aromatic nitrogens is 1. The van der Waals surface area contributed by atoms with Crippen molar-refractivity contribution in [3.63, 3.8) is 0 Å². The van der Waals surface area contributed by atoms with Gasteiger partial charge in [0.1, 0.15) is 0 Å². The molecular weight excluding hydrogens is 683 g/mol. The van der Waals surface area contributed by atoms with Crippen LogP contribution in [0.1, 0.15) is 0 Å². The topological polar surface area (TPSA) is 12.9 Å². The first kappa shape index (κ1) is 31.6. The van der Waals surface area contributed by atoms with Crippen molar-refractivity contribution >= 4 is 63.8 Å². The second kappa shape index (κ2) is 12.9. The predicted octanol–water partition coefficient (Wildman–Crippen LogP) is 15.2. The maximum atomic E-state index is 5.22. The van der Waals surface area contributed by atoms with Gasteiger partial charge in [0.15, 0.2) is 0 Å². The van der Waals surface area contributed by atoms with E-state index < -0.39 is 0 Å². The fourth-order valence-corrected chi connectivity index (χ4v) is 9.62. The lowest BCUT2D eigenvalue weighted by atomic mass is 9.93. The van der Waals surface area contributed by atoms with Crippen molar-refractivity contribution in [1.82, 2.24) is 4.98 Å². The first-order valence-electron chi connectivity index (χ1n) is 18.8. The normalized spacial score (nSPS) is 11.6. The van der Waals surface area contributed by atoms with Gasteiger partial charge in [-0.15, -0.1) is 11.3 Å². The molecule has 0 bridgehead atoms. The molecule has 55 heavy (non-hydrogen) atoms. The number of rotatable bonds is 5. The van der Waals surface area contributed by atoms with Gasteiger partial charge < -0.3 is 0 Å². The average Bonchev–Trinajstić information content (AvgIpc) is 3.66. The van der Waals surface area contributed by atoms with E-state index >= 15 is 0 Å². The number of nitrogens with zero attached hydrogens (tertiary/aromatic N) is 1. The summed E-state index contributed by atoms with van der Waals surface area (Å²) in [5.74, 6) is 0. The van der Waals surface area contributed by atoms with Crippen LogP contribution in [0.15, 0.2) is 200 Å². The zero-order valence-electron chi connectivity index (χ0n) is 29.9. The summed E-state index contributed by atoms with van der Waals surface area (Å²) in [6, 6.07) is 72.6. The maximum absolute atomic E-state index is 5.22. The molecule has 0 atom stereocenters. The van der Waals surface area contributed by atoms with Crippen molar-refractivity contribution in [3.05, 3.63) is 200 Å². The van der Waals surface area contributed by atoms with Crippen LogP contribution < -0.4 is 0 Å². The third-order valence-electron chi connectivity index (χ3n) is 11.1. The summed E-state index contributed by atoms with van der Waals surface area (Å²) in [5.41, 5.74) is 11.5. The van der Waals surface area contributed by atoms with Crippen LogP contribution in [0.2, 0.25) is 0 Å². The molecule has 0 saturated carbocycles. The molecule has 0 amide bonds. The quantitative estimate of drug-likeness (QED) is 0.162. The van der Waals surface area contributed by atoms with E-state index in [1.165, 1.54) is 85.9 Å². The summed E-state index contributed by atoms with van der Waals surface area (Å²) in [6.45, 7) is 0. The van der Waals surface area contributed by atoms with E-state index in [1.54, 1.807) is 0 Å². The number of hydrogen-bond acceptors (Lipinski definition) is 2. The molecule has 11 aromatic rings. The Kier molecular flexibility index (Phi) is 7.43. The zero-order chi connectivity index (χ0) is 36.3. The van der Waals surface area contributed by atoms with Gasteiger partial charge in [0, 0.05) is 31.3 Å². The first-order valence-corrected chi connectivity index (χ1v) is 19.6. The first-order chi connectivity index (χ1) is 27.2. The van der Waals surface area contributed by atoms with Gasteiger partial charge in [-0.25, -0.2) is 4.98 Å². The minimum atomic E-state index is 0.963. The molecule has 0 N–H and O–H groups in total. The molecule has 0 saturated heterocycles. The number of thiophene rings is 1. The fourth-order valence-electron chi connectivity index (χ4n) is 8.38. The third kappa shape index (κ3) is 5.42. The summed E-state index contributed by atoms with van der Waals surface area (Å²) in [7, 11) is 0. The van der Waals surface area contributed by atoms with Crippen LogP contribution in [0.4, 0.5) is 0 Å². The molecular formula is C53H33NS. The molecule has 0 fully saturated rings. The Labute approximate surface area is 323 Å². The van der Waals surface area contributed by atoms with Gasteiger partial charge in [0.05, 0.1) is 11.4 Å². The van der Waals surface area contributed by atoms with Gasteiger partial charge >= 0.3 is 0 Å². The molecule has 1 nitrogen and oxygen atoms in total. The molecule has 2 heteroatoms. The Morgan fingerprint density at radius 1 is 0.273 bits per heavy atom. The average molecular weight is 716 g/mol. The monoisotopic (exact) mass is 715 g/mol. The minimum Gasteiger partial charge on any atom is -0.248 e. The highest BCUT2D eigenvalue weighted by Gasteiger charge is 2.13. The Morgan fingerprint density at radius 2 is 0.727 bits per heavy atom. The molecule has 0 spiro atoms. The fraction of sp³-hybridized carbons (Fsp3) is 0. The number of pyridine rings is 1. The Hall–Kier alpha value is -6.87. The molecule has 0 radical (unpaired) electrons. The second-order valence-corrected chi connectivity index (χ2v) is 15.3. The molecule has 256 valence electrons. The van der Waals surface area contributed by atoms with Crippen molar-refractivity contribution in [2.45, 2.75) is 0 Å². The van der Waals surface area contributed by atoms with E-state index in [4.69, 9.17) is 4.98 Å². The number of fused-ring (bicyclic) bond motifs is 9. The number of hydrogen-bond donors (Lipinski definition) is 0. The van der Waals surface area contributed by atoms with Gasteiger partial charge in [-0.3, -0.25) is 0 Å². The standard InChI is InChI=1S/C53H33NS/c1-2-17-44-42(15-1)43-16-3-4-18-45(43)49-33-40(29-30-46(44)49)51-23-10-22-50(54-51)39-14-8-12-37(32-39)35-27-25-34(26-28-35)36-11-7-13-38(31-36)41-20-9-21-48-47-19-5-6-24-52(47)55-53(41)48/h1-33H. The van der Waals surface area contributed by atoms with Gasteiger partial charge in [-0.2, -0.15) is 0 Å². The Bertz CT molecular complexity index is 3230. The molecule has 9 aromatic carbocycles. The summed E-state index contributed by atoms with van der Waals surface area (Å²) in [4.78, 5) is 5.22. The summed E-state index contributed by atoms with van der Waals surface area (Å²) in [6.07, 6.45) is 0. The molecule has 2 heterocycles. The highest BCUT2D eigenvalue weighted by atomic mass is 32.1. The van der Waals surface area contributed by atoms with E-state index in [0.29, 0.717) is 0 Å². The van der Waals surface area contributed by atoms with Crippen LogP contribution >= 0.6 is 11.3 Å². The van der Waals surface area contributed by atoms with Crippen LogP contribution in [0.3, 0.4) is 0 Å². The largest absolute Gasteiger partial charge is 0.248 e. The van der Waals surface area contributed by atoms with Gasteiger partial charge in [-0.1, -0.05) is 164 Å². The van der Waals surface area contributed by atoms with E-state index in [0.717, 1.165) is 22.5 Å². The van der Waals surface area contributed by atoms with Gasteiger partial charge in [-0.05, 0) is 102 Å². The van der Waals surface area contributed by atoms with Gasteiger partial charge in [0.2, 0.25) is 0 Å². The SMILES string of the molecule is c1cc(-c2ccc(-c3cccc(-c4cccc5c4sc4ccccc45)c3)cc2)cc(-c2cccc(-c3ccc4c5ccccc5c5ccccc5c4c3)n2)c1. The maximum Gasteiger partial charge on any atom is 0.0709 e. The van der Waals surface area contributed by atoms with Crippen molar-refractivity contribution in [1.29, 1.82) is 0 Å². The zero-order valence-corrected chi connectivity index (χ0v) is 30.7. The molecule has 11 rings (SSSR count). The molecule has 0 unspecified atom stereocenters. The summed E-state index contributed by atoms with van der Waals surface area (Å²) >= 11 is 1.88. The lowest BCUT2D eigenvalue weighted by molar-refractivity contribution is 1.33. The van der Waals surface area contributed by atoms with E-state index in [1.807, 2.05) is 11.3 Å². The van der Waals surface area contributed by atoms with Crippen LogP contribution in [-0.4, -0.2) is 4.98 Å². The van der Waals surface area contributed by atoms with Crippen molar-refractivity contribution in [2.24, 2.45) is 0 Å². The predicted molar refractivity (Wildman–Crippen MR) is 237 cm³/mol. The summed E-state index contributed by atoms with van der Waals surface area (Å²) in [5, 5.41) is 10.3. The van der Waals surface area contributed by atoms with Crippen molar-refractivity contribution in [2.75, 3.05) is 0 Å². The van der Waals surface area contributed by atoms with Crippen molar-refractivity contribution in [3.8, 4) is 55.9 Å². The van der Waals surface area contributed by atoms with E-state index in [9.17, 15) is 0 Å². The molecule has 0 aliphatic rings. The van der Waals surface area contributed by atoms with Crippen molar-refractivity contribution < 1.29 is 0 Å². The van der Waals surface area contributed by atoms with E-state index in [-0.39, 0.29) is 0 Å². The van der Waals surface area contributed by atoms with Crippen LogP contribution in [0.5, 0.6) is 0 Å². The van der Waals surface area contributed by atoms with Crippen LogP contribution in [0.25, 0.3) is 108 Å². The van der Waals surface area contributed by atoms with Gasteiger partial charge in [0.25, 0.3) is 0 Å². The molecule has 2 aromatic heterocycles. The Morgan fingerprint density at radius 3 is 1.40 bits per heavy atom. The molecule has 0 aliphatic carbocycles. The van der Waals surface area contributed by atoms with Crippen LogP contribution in [-0.2, 0) is 0 Å². The van der Waals surface area contributed by atoms with E-state index in [2.05, 4.69) is 200 Å².